The number of nitrogens with zero attached hydrogens (tertiary/aromatic N) is 2. The van der Waals surface area contributed by atoms with Gasteiger partial charge in [0.15, 0.2) is 0 Å². The Morgan fingerprint density at radius 1 is 1.50 bits per heavy atom. The fourth-order valence-electron chi connectivity index (χ4n) is 1.08. The first kappa shape index (κ1) is 9.03. The van der Waals surface area contributed by atoms with E-state index in [9.17, 15) is 9.18 Å². The van der Waals surface area contributed by atoms with Gasteiger partial charge in [-0.3, -0.25) is 9.13 Å². The van der Waals surface area contributed by atoms with Crippen molar-refractivity contribution in [3.8, 4) is 0 Å². The van der Waals surface area contributed by atoms with Gasteiger partial charge in [-0.2, -0.15) is 0 Å². The first-order valence-electron chi connectivity index (χ1n) is 4.00. The van der Waals surface area contributed by atoms with Gasteiger partial charge in [0.2, 0.25) is 0 Å². The lowest BCUT2D eigenvalue weighted by Crippen LogP contribution is -2.25. The molecule has 0 atom stereocenters. The average molecular weight is 172 g/mol. The zero-order valence-corrected chi connectivity index (χ0v) is 7.33. The third-order valence-electron chi connectivity index (χ3n) is 1.76. The van der Waals surface area contributed by atoms with Crippen LogP contribution in [0.1, 0.15) is 19.9 Å². The van der Waals surface area contributed by atoms with Crippen LogP contribution in [0.4, 0.5) is 4.39 Å². The maximum atomic E-state index is 11.9. The smallest absolute Gasteiger partial charge is 0.297 e. The van der Waals surface area contributed by atoms with Crippen molar-refractivity contribution < 1.29 is 4.39 Å². The molecule has 1 rings (SSSR count). The zero-order valence-electron chi connectivity index (χ0n) is 7.33. The summed E-state index contributed by atoms with van der Waals surface area (Å²) in [5, 5.41) is 0. The predicted octanol–water partition coefficient (Wildman–Crippen LogP) is 1.20. The van der Waals surface area contributed by atoms with E-state index < -0.39 is 6.67 Å². The van der Waals surface area contributed by atoms with Crippen LogP contribution in [0.5, 0.6) is 0 Å². The van der Waals surface area contributed by atoms with E-state index in [0.717, 1.165) is 0 Å². The summed E-state index contributed by atoms with van der Waals surface area (Å²) in [4.78, 5) is 11.4. The molecule has 0 radical (unpaired) electrons. The molecule has 0 aliphatic heterocycles. The van der Waals surface area contributed by atoms with E-state index in [1.165, 1.54) is 4.57 Å². The summed E-state index contributed by atoms with van der Waals surface area (Å²) < 4.78 is 14.9. The number of aromatic nitrogens is 2. The molecule has 0 fully saturated rings. The van der Waals surface area contributed by atoms with Crippen LogP contribution in [0, 0.1) is 0 Å². The van der Waals surface area contributed by atoms with Gasteiger partial charge in [0, 0.05) is 18.4 Å². The van der Waals surface area contributed by atoms with E-state index in [-0.39, 0.29) is 18.3 Å². The normalized spacial score (nSPS) is 11.0. The summed E-state index contributed by atoms with van der Waals surface area (Å²) >= 11 is 0. The van der Waals surface area contributed by atoms with Crippen molar-refractivity contribution in [1.82, 2.24) is 9.13 Å². The van der Waals surface area contributed by atoms with Crippen LogP contribution in [-0.4, -0.2) is 15.8 Å². The minimum absolute atomic E-state index is 0.136. The molecule has 4 heteroatoms. The Balaban J connectivity index is 2.97. The van der Waals surface area contributed by atoms with Crippen molar-refractivity contribution >= 4 is 0 Å². The summed E-state index contributed by atoms with van der Waals surface area (Å²) in [5.74, 6) is 0. The van der Waals surface area contributed by atoms with Crippen LogP contribution in [0.2, 0.25) is 0 Å². The van der Waals surface area contributed by atoms with Gasteiger partial charge in [0.05, 0.1) is 6.54 Å². The second-order valence-electron chi connectivity index (χ2n) is 2.96. The molecule has 0 saturated carbocycles. The number of hydrogen-bond acceptors (Lipinski definition) is 1. The Morgan fingerprint density at radius 3 is 2.58 bits per heavy atom. The fourth-order valence-corrected chi connectivity index (χ4v) is 1.08. The highest BCUT2D eigenvalue weighted by Crippen LogP contribution is 1.98. The van der Waals surface area contributed by atoms with Gasteiger partial charge in [-0.15, -0.1) is 0 Å². The van der Waals surface area contributed by atoms with Gasteiger partial charge in [-0.1, -0.05) is 0 Å². The van der Waals surface area contributed by atoms with Crippen molar-refractivity contribution in [3.63, 3.8) is 0 Å². The zero-order chi connectivity index (χ0) is 9.14. The third-order valence-corrected chi connectivity index (χ3v) is 1.76. The SMILES string of the molecule is CC(C)n1ccn(CCF)c1=O. The van der Waals surface area contributed by atoms with Crippen molar-refractivity contribution in [2.24, 2.45) is 0 Å². The molecule has 1 aromatic rings. The highest BCUT2D eigenvalue weighted by molar-refractivity contribution is 4.83. The lowest BCUT2D eigenvalue weighted by atomic mass is 10.4. The Morgan fingerprint density at radius 2 is 2.17 bits per heavy atom. The molecular formula is C8H13FN2O. The second kappa shape index (κ2) is 3.56. The van der Waals surface area contributed by atoms with Crippen molar-refractivity contribution in [2.45, 2.75) is 26.4 Å². The molecule has 68 valence electrons. The Labute approximate surface area is 70.4 Å². The molecule has 0 unspecified atom stereocenters. The molecule has 0 saturated heterocycles. The minimum Gasteiger partial charge on any atom is -0.297 e. The molecule has 1 heterocycles. The molecule has 0 amide bonds. The Kier molecular flexibility index (Phi) is 2.68. The summed E-state index contributed by atoms with van der Waals surface area (Å²) in [6.45, 7) is 3.49. The first-order valence-corrected chi connectivity index (χ1v) is 4.00. The third kappa shape index (κ3) is 1.57. The molecule has 12 heavy (non-hydrogen) atoms. The molecule has 1 aromatic heterocycles. The monoisotopic (exact) mass is 172 g/mol. The summed E-state index contributed by atoms with van der Waals surface area (Å²) in [6.07, 6.45) is 3.30. The summed E-state index contributed by atoms with van der Waals surface area (Å²) in [5.41, 5.74) is -0.136. The quantitative estimate of drug-likeness (QED) is 0.673. The maximum Gasteiger partial charge on any atom is 0.328 e. The molecule has 0 aromatic carbocycles. The second-order valence-corrected chi connectivity index (χ2v) is 2.96. The lowest BCUT2D eigenvalue weighted by Gasteiger charge is -2.03. The van der Waals surface area contributed by atoms with E-state index in [2.05, 4.69) is 0 Å². The average Bonchev–Trinajstić information content (AvgIpc) is 2.34. The minimum atomic E-state index is -0.498. The number of hydrogen-bond donors (Lipinski definition) is 0. The van der Waals surface area contributed by atoms with Crippen molar-refractivity contribution in [1.29, 1.82) is 0 Å². The number of halogens is 1. The Bertz CT molecular complexity index is 300. The number of rotatable bonds is 3. The van der Waals surface area contributed by atoms with E-state index in [1.807, 2.05) is 13.8 Å². The van der Waals surface area contributed by atoms with Gasteiger partial charge in [-0.05, 0) is 13.8 Å². The van der Waals surface area contributed by atoms with Crippen LogP contribution in [0.3, 0.4) is 0 Å². The van der Waals surface area contributed by atoms with Crippen LogP contribution >= 0.6 is 0 Å². The van der Waals surface area contributed by atoms with Crippen LogP contribution in [-0.2, 0) is 6.54 Å². The molecular weight excluding hydrogens is 159 g/mol. The molecule has 0 spiro atoms. The molecule has 3 nitrogen and oxygen atoms in total. The highest BCUT2D eigenvalue weighted by Gasteiger charge is 2.04. The topological polar surface area (TPSA) is 26.9 Å². The van der Waals surface area contributed by atoms with Crippen LogP contribution < -0.4 is 5.69 Å². The van der Waals surface area contributed by atoms with E-state index in [4.69, 9.17) is 0 Å². The number of aryl methyl sites for hydroxylation is 1. The molecule has 0 aliphatic carbocycles. The first-order chi connectivity index (χ1) is 5.66. The summed E-state index contributed by atoms with van der Waals surface area (Å²) in [7, 11) is 0. The number of alkyl halides is 1. The van der Waals surface area contributed by atoms with Gasteiger partial charge in [-0.25, -0.2) is 9.18 Å². The van der Waals surface area contributed by atoms with Crippen LogP contribution in [0.25, 0.3) is 0 Å². The molecule has 0 aliphatic rings. The van der Waals surface area contributed by atoms with Gasteiger partial charge < -0.3 is 0 Å². The van der Waals surface area contributed by atoms with Gasteiger partial charge in [0.1, 0.15) is 6.67 Å². The molecule has 0 bridgehead atoms. The van der Waals surface area contributed by atoms with E-state index in [0.29, 0.717) is 0 Å². The highest BCUT2D eigenvalue weighted by atomic mass is 19.1. The fraction of sp³-hybridized carbons (Fsp3) is 0.625. The van der Waals surface area contributed by atoms with Crippen molar-refractivity contribution in [3.05, 3.63) is 22.9 Å². The van der Waals surface area contributed by atoms with Gasteiger partial charge in [0.25, 0.3) is 0 Å². The van der Waals surface area contributed by atoms with E-state index in [1.54, 1.807) is 17.0 Å². The standard InChI is InChI=1S/C8H13FN2O/c1-7(2)11-6-5-10(4-3-9)8(11)12/h5-7H,3-4H2,1-2H3. The Hall–Kier alpha value is -1.06. The number of imidazole rings is 1. The van der Waals surface area contributed by atoms with E-state index >= 15 is 0 Å². The van der Waals surface area contributed by atoms with Crippen molar-refractivity contribution in [2.75, 3.05) is 6.67 Å². The predicted molar refractivity (Wildman–Crippen MR) is 45.1 cm³/mol. The van der Waals surface area contributed by atoms with Gasteiger partial charge >= 0.3 is 5.69 Å². The summed E-state index contributed by atoms with van der Waals surface area (Å²) in [6, 6.07) is 0.137. The largest absolute Gasteiger partial charge is 0.328 e. The lowest BCUT2D eigenvalue weighted by molar-refractivity contribution is 0.434. The maximum absolute atomic E-state index is 11.9. The molecule has 0 N–H and O–H groups in total. The van der Waals surface area contributed by atoms with Crippen LogP contribution in [0.15, 0.2) is 17.2 Å².